The Labute approximate surface area is 191 Å². The Morgan fingerprint density at radius 2 is 1.91 bits per heavy atom. The number of nitrogens with zero attached hydrogens (tertiary/aromatic N) is 1. The van der Waals surface area contributed by atoms with E-state index in [1.54, 1.807) is 0 Å². The van der Waals surface area contributed by atoms with Crippen LogP contribution in [0.25, 0.3) is 0 Å². The molecule has 1 aromatic heterocycles. The number of aromatic amines is 1. The number of nitrogens with two attached hydrogens (primary N) is 2. The summed E-state index contributed by atoms with van der Waals surface area (Å²) in [5, 5.41) is 0. The first-order valence-corrected chi connectivity index (χ1v) is 11.8. The predicted molar refractivity (Wildman–Crippen MR) is 127 cm³/mol. The lowest BCUT2D eigenvalue weighted by atomic mass is 9.95. The third kappa shape index (κ3) is 5.19. The van der Waals surface area contributed by atoms with Crippen LogP contribution in [0.15, 0.2) is 4.79 Å². The van der Waals surface area contributed by atoms with E-state index >= 15 is 8.78 Å². The molecule has 3 rings (SSSR count). The number of unbranched alkanes of at least 4 members (excludes halogenated alkanes) is 1. The lowest BCUT2D eigenvalue weighted by molar-refractivity contribution is 0.103. The maximum Gasteiger partial charge on any atom is 0.269 e. The Hall–Kier alpha value is -2.30. The van der Waals surface area contributed by atoms with Crippen molar-refractivity contribution in [2.75, 3.05) is 23.4 Å². The second-order valence-electron chi connectivity index (χ2n) is 7.96. The van der Waals surface area contributed by atoms with Gasteiger partial charge in [0.15, 0.2) is 11.6 Å². The van der Waals surface area contributed by atoms with Crippen LogP contribution in [-0.2, 0) is 6.42 Å². The number of aryl methyl sites for hydroxylation is 1. The van der Waals surface area contributed by atoms with Crippen molar-refractivity contribution in [2.45, 2.75) is 65.8 Å². The van der Waals surface area contributed by atoms with Gasteiger partial charge in [-0.1, -0.05) is 45.1 Å². The van der Waals surface area contributed by atoms with Gasteiger partial charge in [0, 0.05) is 29.6 Å². The molecule has 2 aromatic rings. The van der Waals surface area contributed by atoms with Gasteiger partial charge in [-0.2, -0.15) is 0 Å². The third-order valence-corrected chi connectivity index (χ3v) is 6.20. The molecule has 1 aromatic carbocycles. The van der Waals surface area contributed by atoms with Crippen molar-refractivity contribution in [3.63, 3.8) is 0 Å². The van der Waals surface area contributed by atoms with E-state index in [0.29, 0.717) is 30.8 Å². The minimum absolute atomic E-state index is 0.0631. The normalized spacial score (nSPS) is 15.5. The van der Waals surface area contributed by atoms with E-state index in [1.807, 2.05) is 6.92 Å². The van der Waals surface area contributed by atoms with Gasteiger partial charge in [0.05, 0.1) is 11.3 Å². The van der Waals surface area contributed by atoms with Crippen LogP contribution < -0.4 is 27.5 Å². The quantitative estimate of drug-likeness (QED) is 0.278. The average molecular weight is 470 g/mol. The van der Waals surface area contributed by atoms with Gasteiger partial charge in [0.1, 0.15) is 11.3 Å². The number of aromatic nitrogens is 1. The summed E-state index contributed by atoms with van der Waals surface area (Å²) in [5.41, 5.74) is 6.51. The number of nitrogens with one attached hydrogen (secondary N) is 2. The largest absolute Gasteiger partial charge is 0.365 e. The van der Waals surface area contributed by atoms with Gasteiger partial charge in [-0.05, 0) is 26.2 Å². The van der Waals surface area contributed by atoms with Crippen molar-refractivity contribution in [1.82, 2.24) is 4.37 Å². The molecule has 1 aliphatic heterocycles. The maximum atomic E-state index is 15.3. The number of H-pyrrole nitrogens is 1. The highest BCUT2D eigenvalue weighted by Gasteiger charge is 2.33. The fourth-order valence-corrected chi connectivity index (χ4v) is 4.54. The first-order chi connectivity index (χ1) is 15.2. The second kappa shape index (κ2) is 11.5. The molecule has 2 heterocycles. The molecule has 1 fully saturated rings. The van der Waals surface area contributed by atoms with E-state index in [1.165, 1.54) is 18.2 Å². The zero-order valence-electron chi connectivity index (χ0n) is 19.1. The van der Waals surface area contributed by atoms with Crippen LogP contribution in [0.3, 0.4) is 0 Å². The van der Waals surface area contributed by atoms with Crippen LogP contribution in [0.2, 0.25) is 0 Å². The highest BCUT2D eigenvalue weighted by Crippen LogP contribution is 2.37. The Morgan fingerprint density at radius 3 is 2.44 bits per heavy atom. The van der Waals surface area contributed by atoms with E-state index in [2.05, 4.69) is 23.6 Å². The molecule has 0 spiro atoms. The number of anilines is 2. The number of nitrogen functional groups attached to an aromatic ring is 1. The Balaban J connectivity index is 0.00000114. The van der Waals surface area contributed by atoms with Crippen molar-refractivity contribution in [3.05, 3.63) is 43.6 Å². The minimum atomic E-state index is -0.963. The number of halogens is 2. The molecule has 1 unspecified atom stereocenters. The first kappa shape index (κ1) is 26.0. The van der Waals surface area contributed by atoms with Crippen LogP contribution in [0.1, 0.15) is 72.8 Å². The zero-order chi connectivity index (χ0) is 24.0. The minimum Gasteiger partial charge on any atom is -0.365 e. The molecule has 1 aliphatic rings. The van der Waals surface area contributed by atoms with Gasteiger partial charge in [-0.3, -0.25) is 19.8 Å². The number of benzene rings is 1. The van der Waals surface area contributed by atoms with Crippen molar-refractivity contribution >= 4 is 28.7 Å². The number of ketones is 1. The lowest BCUT2D eigenvalue weighted by Crippen LogP contribution is -2.29. The smallest absolute Gasteiger partial charge is 0.269 e. The Bertz CT molecular complexity index is 1010. The molecule has 0 bridgehead atoms. The van der Waals surface area contributed by atoms with Crippen LogP contribution in [0.5, 0.6) is 0 Å². The summed E-state index contributed by atoms with van der Waals surface area (Å²) in [7, 11) is 0. The van der Waals surface area contributed by atoms with Gasteiger partial charge in [-0.15, -0.1) is 0 Å². The molecule has 0 aliphatic carbocycles. The number of carbonyl (C=O) groups is 1. The van der Waals surface area contributed by atoms with E-state index in [4.69, 9.17) is 11.6 Å². The summed E-state index contributed by atoms with van der Waals surface area (Å²) < 4.78 is 33.0. The standard InChI is InChI=1S/C19H25F2N5O2S.C3H8/c1-3-4-5-11-13(19(28)25-29-11)18(27)12-9(2)14(20)17(15(21)16(12)24-23)26-7-6-10(22)8-26;1-3-2/h10,24H,3-8,22-23H2,1-2H3,(H,25,28);3H2,1-2H3. The molecule has 10 heteroatoms. The summed E-state index contributed by atoms with van der Waals surface area (Å²) in [5.74, 6) is 2.97. The molecule has 6 N–H and O–H groups in total. The predicted octanol–water partition coefficient (Wildman–Crippen LogP) is 3.84. The van der Waals surface area contributed by atoms with E-state index in [0.717, 1.165) is 24.4 Å². The highest BCUT2D eigenvalue weighted by molar-refractivity contribution is 7.06. The first-order valence-electron chi connectivity index (χ1n) is 11.0. The third-order valence-electron chi connectivity index (χ3n) is 5.26. The van der Waals surface area contributed by atoms with Crippen LogP contribution in [0, 0.1) is 18.6 Å². The monoisotopic (exact) mass is 469 g/mol. The van der Waals surface area contributed by atoms with Gasteiger partial charge < -0.3 is 16.1 Å². The number of hydrogen-bond acceptors (Lipinski definition) is 7. The van der Waals surface area contributed by atoms with Gasteiger partial charge in [-0.25, -0.2) is 8.78 Å². The molecule has 32 heavy (non-hydrogen) atoms. The van der Waals surface area contributed by atoms with Gasteiger partial charge >= 0.3 is 0 Å². The van der Waals surface area contributed by atoms with E-state index < -0.39 is 23.0 Å². The van der Waals surface area contributed by atoms with Crippen molar-refractivity contribution in [1.29, 1.82) is 0 Å². The summed E-state index contributed by atoms with van der Waals surface area (Å²) in [6, 6.07) is -0.185. The summed E-state index contributed by atoms with van der Waals surface area (Å²) in [4.78, 5) is 27.6. The number of hydrogen-bond donors (Lipinski definition) is 4. The molecular weight excluding hydrogens is 436 g/mol. The SMILES string of the molecule is CCC.CCCCc1s[nH]c(=O)c1C(=O)c1c(C)c(F)c(N2CCC(N)C2)c(F)c1NN. The van der Waals surface area contributed by atoms with Crippen LogP contribution >= 0.6 is 11.5 Å². The molecule has 0 amide bonds. The number of rotatable bonds is 7. The topological polar surface area (TPSA) is 117 Å². The van der Waals surface area contributed by atoms with Crippen LogP contribution in [-0.4, -0.2) is 29.3 Å². The number of hydrazine groups is 1. The number of carbonyl (C=O) groups excluding carboxylic acids is 1. The summed E-state index contributed by atoms with van der Waals surface area (Å²) in [6.07, 6.45) is 4.05. The second-order valence-corrected chi connectivity index (χ2v) is 8.86. The Kier molecular flexibility index (Phi) is 9.35. The maximum absolute atomic E-state index is 15.3. The van der Waals surface area contributed by atoms with Gasteiger partial charge in [0.2, 0.25) is 5.78 Å². The summed E-state index contributed by atoms with van der Waals surface area (Å²) in [6.45, 7) is 8.33. The molecular formula is C22H33F2N5O2S. The summed E-state index contributed by atoms with van der Waals surface area (Å²) >= 11 is 1.07. The van der Waals surface area contributed by atoms with Crippen LogP contribution in [0.4, 0.5) is 20.2 Å². The fraction of sp³-hybridized carbons (Fsp3) is 0.545. The average Bonchev–Trinajstić information content (AvgIpc) is 3.34. The zero-order valence-corrected chi connectivity index (χ0v) is 19.9. The van der Waals surface area contributed by atoms with Crippen molar-refractivity contribution in [2.24, 2.45) is 11.6 Å². The highest BCUT2D eigenvalue weighted by atomic mass is 32.1. The van der Waals surface area contributed by atoms with E-state index in [-0.39, 0.29) is 34.1 Å². The molecule has 7 nitrogen and oxygen atoms in total. The van der Waals surface area contributed by atoms with Gasteiger partial charge in [0.25, 0.3) is 5.56 Å². The fourth-order valence-electron chi connectivity index (χ4n) is 3.69. The molecule has 0 saturated carbocycles. The molecule has 178 valence electrons. The molecule has 1 saturated heterocycles. The van der Waals surface area contributed by atoms with E-state index in [9.17, 15) is 9.59 Å². The lowest BCUT2D eigenvalue weighted by Gasteiger charge is -2.24. The van der Waals surface area contributed by atoms with Crippen molar-refractivity contribution in [3.8, 4) is 0 Å². The molecule has 1 atom stereocenters. The Morgan fingerprint density at radius 1 is 1.25 bits per heavy atom. The molecule has 0 radical (unpaired) electrons. The van der Waals surface area contributed by atoms with Crippen molar-refractivity contribution < 1.29 is 13.6 Å².